The lowest BCUT2D eigenvalue weighted by Crippen LogP contribution is -2.36. The van der Waals surface area contributed by atoms with Crippen LogP contribution in [0.4, 0.5) is 0 Å². The van der Waals surface area contributed by atoms with E-state index in [1.165, 1.54) is 0 Å². The van der Waals surface area contributed by atoms with Crippen LogP contribution in [0.2, 0.25) is 0 Å². The third kappa shape index (κ3) is 4.31. The van der Waals surface area contributed by atoms with Crippen molar-refractivity contribution in [2.75, 3.05) is 6.54 Å². The van der Waals surface area contributed by atoms with Gasteiger partial charge in [0.05, 0.1) is 5.56 Å². The molecule has 0 saturated heterocycles. The van der Waals surface area contributed by atoms with Crippen molar-refractivity contribution in [3.05, 3.63) is 35.4 Å². The first-order valence-corrected chi connectivity index (χ1v) is 7.59. The summed E-state index contributed by atoms with van der Waals surface area (Å²) >= 11 is 0. The van der Waals surface area contributed by atoms with E-state index in [0.29, 0.717) is 30.4 Å². The number of rotatable bonds is 7. The number of carbonyl (C=O) groups is 2. The number of carbonyl (C=O) groups excluding carboxylic acids is 1. The van der Waals surface area contributed by atoms with Gasteiger partial charge in [-0.3, -0.25) is 4.79 Å². The van der Waals surface area contributed by atoms with E-state index < -0.39 is 5.97 Å². The van der Waals surface area contributed by atoms with Crippen LogP contribution in [-0.4, -0.2) is 34.5 Å². The fourth-order valence-electron chi connectivity index (χ4n) is 2.57. The molecule has 0 aliphatic heterocycles. The Morgan fingerprint density at radius 2 is 1.95 bits per heavy atom. The summed E-state index contributed by atoms with van der Waals surface area (Å²) in [5.41, 5.74) is 1.03. The first-order chi connectivity index (χ1) is 9.99. The van der Waals surface area contributed by atoms with Gasteiger partial charge in [0.1, 0.15) is 0 Å². The van der Waals surface area contributed by atoms with Gasteiger partial charge in [-0.05, 0) is 36.8 Å². The molecule has 1 N–H and O–H groups in total. The van der Waals surface area contributed by atoms with Gasteiger partial charge in [0.2, 0.25) is 5.91 Å². The Kier molecular flexibility index (Phi) is 4.99. The Labute approximate surface area is 125 Å². The second-order valence-corrected chi connectivity index (χ2v) is 6.13. The zero-order valence-electron chi connectivity index (χ0n) is 12.7. The molecule has 0 aromatic heterocycles. The molecule has 0 unspecified atom stereocenters. The van der Waals surface area contributed by atoms with E-state index in [2.05, 4.69) is 13.8 Å². The molecule has 4 nitrogen and oxygen atoms in total. The first-order valence-electron chi connectivity index (χ1n) is 7.59. The summed E-state index contributed by atoms with van der Waals surface area (Å²) in [6.45, 7) is 5.02. The zero-order valence-corrected chi connectivity index (χ0v) is 12.7. The van der Waals surface area contributed by atoms with Crippen LogP contribution in [0.3, 0.4) is 0 Å². The van der Waals surface area contributed by atoms with Gasteiger partial charge in [0.15, 0.2) is 0 Å². The Balaban J connectivity index is 1.98. The van der Waals surface area contributed by atoms with Gasteiger partial charge in [0.25, 0.3) is 0 Å². The number of benzene rings is 1. The maximum absolute atomic E-state index is 12.4. The molecular weight excluding hydrogens is 266 g/mol. The molecule has 0 radical (unpaired) electrons. The summed E-state index contributed by atoms with van der Waals surface area (Å²) < 4.78 is 0. The monoisotopic (exact) mass is 289 g/mol. The smallest absolute Gasteiger partial charge is 0.335 e. The third-order valence-corrected chi connectivity index (χ3v) is 3.73. The minimum atomic E-state index is -0.931. The highest BCUT2D eigenvalue weighted by Crippen LogP contribution is 2.28. The lowest BCUT2D eigenvalue weighted by Gasteiger charge is -2.24. The number of aryl methyl sites for hydroxylation is 1. The van der Waals surface area contributed by atoms with Crippen LogP contribution >= 0.6 is 0 Å². The molecule has 1 aromatic carbocycles. The number of hydrogen-bond donors (Lipinski definition) is 1. The summed E-state index contributed by atoms with van der Waals surface area (Å²) in [7, 11) is 0. The maximum atomic E-state index is 12.4. The summed E-state index contributed by atoms with van der Waals surface area (Å²) in [6.07, 6.45) is 3.07. The molecule has 0 spiro atoms. The van der Waals surface area contributed by atoms with Crippen LogP contribution in [0.5, 0.6) is 0 Å². The molecule has 4 heteroatoms. The molecule has 1 fully saturated rings. The van der Waals surface area contributed by atoms with Crippen LogP contribution in [0, 0.1) is 5.92 Å². The molecule has 0 atom stereocenters. The van der Waals surface area contributed by atoms with Crippen molar-refractivity contribution in [1.29, 1.82) is 0 Å². The molecule has 0 bridgehead atoms. The van der Waals surface area contributed by atoms with Crippen LogP contribution in [-0.2, 0) is 11.2 Å². The lowest BCUT2D eigenvalue weighted by atomic mass is 10.0. The number of aromatic carboxylic acids is 1. The van der Waals surface area contributed by atoms with Gasteiger partial charge in [-0.25, -0.2) is 4.79 Å². The highest BCUT2D eigenvalue weighted by atomic mass is 16.4. The van der Waals surface area contributed by atoms with Crippen molar-refractivity contribution < 1.29 is 14.7 Å². The Morgan fingerprint density at radius 3 is 2.52 bits per heavy atom. The molecule has 0 heterocycles. The molecule has 1 aromatic rings. The number of amides is 1. The number of carboxylic acid groups (broad SMARTS) is 1. The van der Waals surface area contributed by atoms with E-state index in [1.807, 2.05) is 11.0 Å². The van der Waals surface area contributed by atoms with E-state index in [1.54, 1.807) is 18.2 Å². The normalized spacial score (nSPS) is 14.2. The summed E-state index contributed by atoms with van der Waals surface area (Å²) in [5, 5.41) is 9.16. The van der Waals surface area contributed by atoms with Gasteiger partial charge in [-0.2, -0.15) is 0 Å². The standard InChI is InChI=1S/C17H23NO3/c1-12(2)11-18(14-8-9-14)16(19)10-7-13-5-3-4-6-15(13)17(20)21/h3-6,12,14H,7-11H2,1-2H3,(H,20,21). The maximum Gasteiger partial charge on any atom is 0.335 e. The van der Waals surface area contributed by atoms with Gasteiger partial charge in [-0.1, -0.05) is 32.0 Å². The van der Waals surface area contributed by atoms with Crippen LogP contribution in [0.1, 0.15) is 49.0 Å². The predicted octanol–water partition coefficient (Wildman–Crippen LogP) is 2.96. The van der Waals surface area contributed by atoms with Gasteiger partial charge in [0, 0.05) is 19.0 Å². The Hall–Kier alpha value is -1.84. The molecule has 2 rings (SSSR count). The summed E-state index contributed by atoms with van der Waals surface area (Å²) in [5.74, 6) is -0.327. The van der Waals surface area contributed by atoms with Crippen molar-refractivity contribution in [2.45, 2.75) is 45.6 Å². The van der Waals surface area contributed by atoms with E-state index in [-0.39, 0.29) is 5.91 Å². The average molecular weight is 289 g/mol. The highest BCUT2D eigenvalue weighted by Gasteiger charge is 2.32. The minimum absolute atomic E-state index is 0.145. The van der Waals surface area contributed by atoms with Crippen molar-refractivity contribution in [1.82, 2.24) is 4.90 Å². The number of carboxylic acids is 1. The van der Waals surface area contributed by atoms with Crippen LogP contribution in [0.15, 0.2) is 24.3 Å². The quantitative estimate of drug-likeness (QED) is 0.839. The predicted molar refractivity (Wildman–Crippen MR) is 81.3 cm³/mol. The van der Waals surface area contributed by atoms with E-state index >= 15 is 0 Å². The van der Waals surface area contributed by atoms with E-state index in [0.717, 1.165) is 24.9 Å². The molecular formula is C17H23NO3. The van der Waals surface area contributed by atoms with Crippen LogP contribution in [0.25, 0.3) is 0 Å². The SMILES string of the molecule is CC(C)CN(C(=O)CCc1ccccc1C(=O)O)C1CC1. The van der Waals surface area contributed by atoms with Crippen molar-refractivity contribution in [3.63, 3.8) is 0 Å². The third-order valence-electron chi connectivity index (χ3n) is 3.73. The molecule has 1 aliphatic rings. The molecule has 1 amide bonds. The van der Waals surface area contributed by atoms with Crippen molar-refractivity contribution in [2.24, 2.45) is 5.92 Å². The second-order valence-electron chi connectivity index (χ2n) is 6.13. The lowest BCUT2D eigenvalue weighted by molar-refractivity contribution is -0.132. The topological polar surface area (TPSA) is 57.6 Å². The number of hydrogen-bond acceptors (Lipinski definition) is 2. The Morgan fingerprint density at radius 1 is 1.29 bits per heavy atom. The van der Waals surface area contributed by atoms with Crippen molar-refractivity contribution in [3.8, 4) is 0 Å². The fraction of sp³-hybridized carbons (Fsp3) is 0.529. The second kappa shape index (κ2) is 6.74. The largest absolute Gasteiger partial charge is 0.478 e. The van der Waals surface area contributed by atoms with Gasteiger partial charge in [-0.15, -0.1) is 0 Å². The molecule has 114 valence electrons. The Bertz CT molecular complexity index is 521. The minimum Gasteiger partial charge on any atom is -0.478 e. The highest BCUT2D eigenvalue weighted by molar-refractivity contribution is 5.89. The molecule has 1 saturated carbocycles. The number of nitrogens with zero attached hydrogens (tertiary/aromatic N) is 1. The van der Waals surface area contributed by atoms with Gasteiger partial charge >= 0.3 is 5.97 Å². The summed E-state index contributed by atoms with van der Waals surface area (Å²) in [4.78, 5) is 25.5. The van der Waals surface area contributed by atoms with Gasteiger partial charge < -0.3 is 10.0 Å². The van der Waals surface area contributed by atoms with Crippen molar-refractivity contribution >= 4 is 11.9 Å². The van der Waals surface area contributed by atoms with E-state index in [4.69, 9.17) is 5.11 Å². The molecule has 1 aliphatic carbocycles. The first kappa shape index (κ1) is 15.5. The zero-order chi connectivity index (χ0) is 15.4. The van der Waals surface area contributed by atoms with E-state index in [9.17, 15) is 9.59 Å². The average Bonchev–Trinajstić information content (AvgIpc) is 3.26. The summed E-state index contributed by atoms with van der Waals surface area (Å²) in [6, 6.07) is 7.33. The van der Waals surface area contributed by atoms with Crippen LogP contribution < -0.4 is 0 Å². The fourth-order valence-corrected chi connectivity index (χ4v) is 2.57. The molecule has 21 heavy (non-hydrogen) atoms.